The van der Waals surface area contributed by atoms with Crippen LogP contribution in [-0.2, 0) is 11.3 Å². The van der Waals surface area contributed by atoms with E-state index in [9.17, 15) is 9.59 Å². The summed E-state index contributed by atoms with van der Waals surface area (Å²) in [5.41, 5.74) is 1.90. The van der Waals surface area contributed by atoms with E-state index in [0.29, 0.717) is 5.82 Å². The monoisotopic (exact) mass is 378 g/mol. The molecule has 1 fully saturated rings. The fourth-order valence-electron chi connectivity index (χ4n) is 3.48. The lowest BCUT2D eigenvalue weighted by Gasteiger charge is -2.12. The lowest BCUT2D eigenvalue weighted by atomic mass is 10.1. The molecule has 1 N–H and O–H groups in total. The molecule has 2 aromatic heterocycles. The van der Waals surface area contributed by atoms with E-state index in [-0.39, 0.29) is 35.5 Å². The van der Waals surface area contributed by atoms with Crippen molar-refractivity contribution >= 4 is 5.91 Å². The van der Waals surface area contributed by atoms with Gasteiger partial charge in [0.1, 0.15) is 12.1 Å². The number of carbonyl (C=O) groups excluding carboxylic acids is 1. The van der Waals surface area contributed by atoms with Crippen LogP contribution in [0, 0.1) is 6.92 Å². The van der Waals surface area contributed by atoms with Crippen molar-refractivity contribution in [3.05, 3.63) is 58.5 Å². The zero-order valence-corrected chi connectivity index (χ0v) is 15.7. The van der Waals surface area contributed by atoms with Gasteiger partial charge in [-0.3, -0.25) is 9.59 Å². The molecule has 2 heterocycles. The van der Waals surface area contributed by atoms with Crippen molar-refractivity contribution in [2.24, 2.45) is 0 Å². The zero-order chi connectivity index (χ0) is 19.5. The highest BCUT2D eigenvalue weighted by Crippen LogP contribution is 2.20. The first kappa shape index (κ1) is 18.2. The number of pyridine rings is 1. The lowest BCUT2D eigenvalue weighted by Crippen LogP contribution is -2.37. The van der Waals surface area contributed by atoms with Gasteiger partial charge in [0.2, 0.25) is 11.7 Å². The van der Waals surface area contributed by atoms with Crippen molar-refractivity contribution in [3.63, 3.8) is 0 Å². The molecule has 0 radical (unpaired) electrons. The van der Waals surface area contributed by atoms with Crippen LogP contribution in [0.4, 0.5) is 0 Å². The van der Waals surface area contributed by atoms with E-state index in [1.54, 1.807) is 18.3 Å². The van der Waals surface area contributed by atoms with Crippen molar-refractivity contribution in [3.8, 4) is 22.8 Å². The van der Waals surface area contributed by atoms with Crippen molar-refractivity contribution in [2.75, 3.05) is 0 Å². The first-order chi connectivity index (χ1) is 13.6. The van der Waals surface area contributed by atoms with Gasteiger partial charge in [-0.2, -0.15) is 4.98 Å². The quantitative estimate of drug-likeness (QED) is 0.737. The molecule has 1 amide bonds. The molecule has 1 aliphatic carbocycles. The second-order valence-corrected chi connectivity index (χ2v) is 7.19. The number of carbonyl (C=O) groups is 1. The first-order valence-electron chi connectivity index (χ1n) is 9.50. The molecule has 7 heteroatoms. The predicted molar refractivity (Wildman–Crippen MR) is 105 cm³/mol. The van der Waals surface area contributed by atoms with Crippen LogP contribution in [0.1, 0.15) is 31.2 Å². The van der Waals surface area contributed by atoms with Crippen LogP contribution in [0.15, 0.2) is 51.9 Å². The van der Waals surface area contributed by atoms with Crippen molar-refractivity contribution in [1.29, 1.82) is 0 Å². The van der Waals surface area contributed by atoms with E-state index in [1.807, 2.05) is 31.2 Å². The second kappa shape index (κ2) is 7.80. The average Bonchev–Trinajstić information content (AvgIpc) is 3.36. The summed E-state index contributed by atoms with van der Waals surface area (Å²) < 4.78 is 6.68. The summed E-state index contributed by atoms with van der Waals surface area (Å²) in [6.07, 6.45) is 5.88. The largest absolute Gasteiger partial charge is 0.352 e. The van der Waals surface area contributed by atoms with E-state index >= 15 is 0 Å². The molecule has 0 atom stereocenters. The number of hydrogen-bond donors (Lipinski definition) is 1. The minimum absolute atomic E-state index is 0.0257. The van der Waals surface area contributed by atoms with Crippen LogP contribution >= 0.6 is 0 Å². The topological polar surface area (TPSA) is 90.0 Å². The van der Waals surface area contributed by atoms with Crippen LogP contribution in [-0.4, -0.2) is 26.7 Å². The molecule has 0 saturated heterocycles. The molecule has 7 nitrogen and oxygen atoms in total. The maximum absolute atomic E-state index is 12.8. The van der Waals surface area contributed by atoms with Gasteiger partial charge in [-0.05, 0) is 31.9 Å². The molecule has 28 heavy (non-hydrogen) atoms. The molecule has 3 aromatic rings. The van der Waals surface area contributed by atoms with E-state index in [1.165, 1.54) is 4.57 Å². The third-order valence-corrected chi connectivity index (χ3v) is 5.02. The van der Waals surface area contributed by atoms with E-state index < -0.39 is 0 Å². The number of amides is 1. The summed E-state index contributed by atoms with van der Waals surface area (Å²) in [6, 6.07) is 11.3. The Morgan fingerprint density at radius 1 is 1.21 bits per heavy atom. The van der Waals surface area contributed by atoms with Crippen LogP contribution in [0.3, 0.4) is 0 Å². The number of aromatic nitrogens is 3. The van der Waals surface area contributed by atoms with Crippen LogP contribution in [0.25, 0.3) is 22.8 Å². The predicted octanol–water partition coefficient (Wildman–Crippen LogP) is 2.93. The third kappa shape index (κ3) is 3.88. The average molecular weight is 378 g/mol. The van der Waals surface area contributed by atoms with Gasteiger partial charge in [-0.15, -0.1) is 0 Å². The SMILES string of the molecule is Cc1ccc(-c2noc(-c3cccn(CC(=O)NC4CCCC4)c3=O)n2)cc1. The number of aryl methyl sites for hydroxylation is 1. The molecule has 1 saturated carbocycles. The molecule has 0 aliphatic heterocycles. The summed E-state index contributed by atoms with van der Waals surface area (Å²) in [5, 5.41) is 6.97. The Labute approximate surface area is 162 Å². The van der Waals surface area contributed by atoms with Gasteiger partial charge in [0.25, 0.3) is 11.4 Å². The summed E-state index contributed by atoms with van der Waals surface area (Å²) in [4.78, 5) is 29.4. The molecule has 4 rings (SSSR count). The zero-order valence-electron chi connectivity index (χ0n) is 15.7. The molecule has 0 spiro atoms. The normalized spacial score (nSPS) is 14.3. The second-order valence-electron chi connectivity index (χ2n) is 7.19. The standard InChI is InChI=1S/C21H22N4O3/c1-14-8-10-15(11-9-14)19-23-20(28-24-19)17-7-4-12-25(21(17)27)13-18(26)22-16-5-2-3-6-16/h4,7-12,16H,2-3,5-6,13H2,1H3,(H,22,26). The number of benzene rings is 1. The highest BCUT2D eigenvalue weighted by atomic mass is 16.5. The van der Waals surface area contributed by atoms with Gasteiger partial charge >= 0.3 is 0 Å². The molecule has 1 aromatic carbocycles. The molecule has 0 unspecified atom stereocenters. The molecular weight excluding hydrogens is 356 g/mol. The summed E-state index contributed by atoms with van der Waals surface area (Å²) >= 11 is 0. The van der Waals surface area contributed by atoms with Gasteiger partial charge < -0.3 is 14.4 Å². The van der Waals surface area contributed by atoms with Gasteiger partial charge in [0.05, 0.1) is 0 Å². The highest BCUT2D eigenvalue weighted by Gasteiger charge is 2.19. The summed E-state index contributed by atoms with van der Waals surface area (Å²) in [5.74, 6) is 0.409. The Hall–Kier alpha value is -3.22. The summed E-state index contributed by atoms with van der Waals surface area (Å²) in [7, 11) is 0. The number of rotatable bonds is 5. The van der Waals surface area contributed by atoms with E-state index in [2.05, 4.69) is 15.5 Å². The van der Waals surface area contributed by atoms with Gasteiger partial charge in [-0.25, -0.2) is 0 Å². The van der Waals surface area contributed by atoms with Gasteiger partial charge in [0, 0.05) is 17.8 Å². The smallest absolute Gasteiger partial charge is 0.263 e. The third-order valence-electron chi connectivity index (χ3n) is 5.02. The maximum Gasteiger partial charge on any atom is 0.263 e. The van der Waals surface area contributed by atoms with Gasteiger partial charge in [-0.1, -0.05) is 47.8 Å². The highest BCUT2D eigenvalue weighted by molar-refractivity contribution is 5.76. The Morgan fingerprint density at radius 2 is 1.96 bits per heavy atom. The Balaban J connectivity index is 1.54. The minimum Gasteiger partial charge on any atom is -0.352 e. The van der Waals surface area contributed by atoms with Crippen molar-refractivity contribution in [1.82, 2.24) is 20.0 Å². The number of nitrogens with one attached hydrogen (secondary N) is 1. The molecular formula is C21H22N4O3. The summed E-state index contributed by atoms with van der Waals surface area (Å²) in [6.45, 7) is 1.98. The van der Waals surface area contributed by atoms with Crippen LogP contribution in [0.5, 0.6) is 0 Å². The lowest BCUT2D eigenvalue weighted by molar-refractivity contribution is -0.122. The van der Waals surface area contributed by atoms with E-state index in [0.717, 1.165) is 36.8 Å². The minimum atomic E-state index is -0.330. The number of nitrogens with zero attached hydrogens (tertiary/aromatic N) is 3. The number of hydrogen-bond acceptors (Lipinski definition) is 5. The first-order valence-corrected chi connectivity index (χ1v) is 9.50. The Kier molecular flexibility index (Phi) is 5.06. The van der Waals surface area contributed by atoms with Crippen LogP contribution < -0.4 is 10.9 Å². The fraction of sp³-hybridized carbons (Fsp3) is 0.333. The molecule has 144 valence electrons. The molecule has 0 bridgehead atoms. The Morgan fingerprint density at radius 3 is 2.71 bits per heavy atom. The van der Waals surface area contributed by atoms with E-state index in [4.69, 9.17) is 4.52 Å². The Bertz CT molecular complexity index is 1030. The molecule has 1 aliphatic rings. The van der Waals surface area contributed by atoms with Crippen molar-refractivity contribution in [2.45, 2.75) is 45.2 Å². The maximum atomic E-state index is 12.8. The van der Waals surface area contributed by atoms with Gasteiger partial charge in [0.15, 0.2) is 0 Å². The fourth-order valence-corrected chi connectivity index (χ4v) is 3.48. The van der Waals surface area contributed by atoms with Crippen molar-refractivity contribution < 1.29 is 9.32 Å². The van der Waals surface area contributed by atoms with Crippen LogP contribution in [0.2, 0.25) is 0 Å².